The van der Waals surface area contributed by atoms with Gasteiger partial charge in [0, 0.05) is 18.8 Å². The average molecular weight is 438 g/mol. The van der Waals surface area contributed by atoms with Gasteiger partial charge in [0.05, 0.1) is 11.4 Å². The maximum Gasteiger partial charge on any atom is 0.347 e. The lowest BCUT2D eigenvalue weighted by Gasteiger charge is -2.27. The monoisotopic (exact) mass is 437 g/mol. The molecule has 2 rings (SSSR count). The number of carbonyl (C=O) groups is 1. The molecule has 0 aromatic heterocycles. The topological polar surface area (TPSA) is 76.8 Å². The minimum absolute atomic E-state index is 0.0536. The molecule has 2 aliphatic heterocycles. The lowest BCUT2D eigenvalue weighted by Crippen LogP contribution is -2.32. The van der Waals surface area contributed by atoms with Crippen LogP contribution in [-0.4, -0.2) is 55.0 Å². The van der Waals surface area contributed by atoms with Crippen LogP contribution in [0.2, 0.25) is 0 Å². The fraction of sp³-hybridized carbons (Fsp3) is 0.696. The standard InChI is InChI=1S/C23H39N3O3S/c1-15(18-17(3)30-21(19(18)24)22(27)29-23(4,5)6)20(16(2)25-7)28-14-13-26-11-9-8-10-12-26/h17,25H,8-14,24H2,1-7H3/b18-15+,20-16?. The van der Waals surface area contributed by atoms with Gasteiger partial charge in [-0.15, -0.1) is 11.8 Å². The van der Waals surface area contributed by atoms with Gasteiger partial charge < -0.3 is 20.5 Å². The number of nitrogens with two attached hydrogens (primary N) is 1. The van der Waals surface area contributed by atoms with Crippen LogP contribution in [0.15, 0.2) is 33.2 Å². The Kier molecular flexibility index (Phi) is 8.73. The molecule has 0 aliphatic carbocycles. The molecule has 2 aliphatic rings. The molecule has 7 heteroatoms. The molecule has 170 valence electrons. The lowest BCUT2D eigenvalue weighted by molar-refractivity contribution is -0.148. The zero-order chi connectivity index (χ0) is 22.5. The summed E-state index contributed by atoms with van der Waals surface area (Å²) in [4.78, 5) is 15.6. The third-order valence-corrected chi connectivity index (χ3v) is 6.59. The summed E-state index contributed by atoms with van der Waals surface area (Å²) in [6.07, 6.45) is 3.86. The van der Waals surface area contributed by atoms with Crippen molar-refractivity contribution >= 4 is 17.7 Å². The van der Waals surface area contributed by atoms with Gasteiger partial charge in [-0.2, -0.15) is 0 Å². The molecular weight excluding hydrogens is 398 g/mol. The van der Waals surface area contributed by atoms with Crippen molar-refractivity contribution in [1.29, 1.82) is 0 Å². The van der Waals surface area contributed by atoms with E-state index in [0.29, 0.717) is 17.2 Å². The highest BCUT2D eigenvalue weighted by Gasteiger charge is 2.34. The molecule has 1 saturated heterocycles. The highest BCUT2D eigenvalue weighted by Crippen LogP contribution is 2.43. The number of likely N-dealkylation sites (tertiary alicyclic amines) is 1. The van der Waals surface area contributed by atoms with Gasteiger partial charge in [0.15, 0.2) is 0 Å². The fourth-order valence-corrected chi connectivity index (χ4v) is 4.97. The van der Waals surface area contributed by atoms with Crippen LogP contribution in [0, 0.1) is 0 Å². The highest BCUT2D eigenvalue weighted by molar-refractivity contribution is 8.05. The summed E-state index contributed by atoms with van der Waals surface area (Å²) in [6, 6.07) is 0. The maximum absolute atomic E-state index is 12.6. The average Bonchev–Trinajstić information content (AvgIpc) is 2.98. The molecule has 1 fully saturated rings. The van der Waals surface area contributed by atoms with E-state index in [0.717, 1.165) is 42.2 Å². The van der Waals surface area contributed by atoms with Crippen LogP contribution in [-0.2, 0) is 14.3 Å². The molecule has 0 radical (unpaired) electrons. The Morgan fingerprint density at radius 1 is 1.23 bits per heavy atom. The molecule has 0 aromatic rings. The van der Waals surface area contributed by atoms with Gasteiger partial charge in [0.1, 0.15) is 22.9 Å². The first-order valence-electron chi connectivity index (χ1n) is 10.9. The van der Waals surface area contributed by atoms with Crippen molar-refractivity contribution in [1.82, 2.24) is 10.2 Å². The number of nitrogens with zero attached hydrogens (tertiary/aromatic N) is 1. The summed E-state index contributed by atoms with van der Waals surface area (Å²) in [6.45, 7) is 15.5. The maximum atomic E-state index is 12.6. The first-order chi connectivity index (χ1) is 14.0. The SMILES string of the molecule is CNC(C)=C(OCCN1CCCCC1)/C(C)=C1/C(N)=C(C(=O)OC(C)(C)C)SC1C. The normalized spacial score (nSPS) is 23.2. The van der Waals surface area contributed by atoms with Crippen LogP contribution in [0.1, 0.15) is 60.8 Å². The fourth-order valence-electron chi connectivity index (χ4n) is 3.82. The van der Waals surface area contributed by atoms with Crippen molar-refractivity contribution in [2.75, 3.05) is 33.3 Å². The number of esters is 1. The van der Waals surface area contributed by atoms with Gasteiger partial charge >= 0.3 is 5.97 Å². The molecule has 6 nitrogen and oxygen atoms in total. The molecule has 1 atom stereocenters. The van der Waals surface area contributed by atoms with Crippen LogP contribution in [0.3, 0.4) is 0 Å². The summed E-state index contributed by atoms with van der Waals surface area (Å²) in [5, 5.41) is 3.26. The van der Waals surface area contributed by atoms with E-state index >= 15 is 0 Å². The van der Waals surface area contributed by atoms with Gasteiger partial charge in [-0.05, 0) is 78.6 Å². The number of hydrogen-bond donors (Lipinski definition) is 2. The van der Waals surface area contributed by atoms with Crippen molar-refractivity contribution < 1.29 is 14.3 Å². The number of thioether (sulfide) groups is 1. The zero-order valence-corrected chi connectivity index (χ0v) is 20.5. The quantitative estimate of drug-likeness (QED) is 0.462. The first kappa shape index (κ1) is 24.7. The molecule has 2 heterocycles. The molecule has 0 amide bonds. The largest absolute Gasteiger partial charge is 0.490 e. The van der Waals surface area contributed by atoms with Crippen molar-refractivity contribution in [2.24, 2.45) is 5.73 Å². The summed E-state index contributed by atoms with van der Waals surface area (Å²) in [5.74, 6) is 0.451. The highest BCUT2D eigenvalue weighted by atomic mass is 32.2. The number of piperidine rings is 1. The van der Waals surface area contributed by atoms with E-state index in [4.69, 9.17) is 15.2 Å². The minimum Gasteiger partial charge on any atom is -0.490 e. The van der Waals surface area contributed by atoms with Crippen molar-refractivity contribution in [3.8, 4) is 0 Å². The molecule has 1 unspecified atom stereocenters. The first-order valence-corrected chi connectivity index (χ1v) is 11.8. The molecule has 0 spiro atoms. The predicted molar refractivity (Wildman–Crippen MR) is 125 cm³/mol. The lowest BCUT2D eigenvalue weighted by atomic mass is 10.0. The zero-order valence-electron chi connectivity index (χ0n) is 19.7. The van der Waals surface area contributed by atoms with Crippen molar-refractivity contribution in [3.05, 3.63) is 33.2 Å². The van der Waals surface area contributed by atoms with Crippen LogP contribution in [0.4, 0.5) is 0 Å². The molecule has 0 bridgehead atoms. The molecular formula is C23H39N3O3S. The van der Waals surface area contributed by atoms with Crippen LogP contribution >= 0.6 is 11.8 Å². The van der Waals surface area contributed by atoms with Gasteiger partial charge in [-0.1, -0.05) is 6.42 Å². The smallest absolute Gasteiger partial charge is 0.347 e. The van der Waals surface area contributed by atoms with E-state index in [1.165, 1.54) is 31.0 Å². The van der Waals surface area contributed by atoms with E-state index in [2.05, 4.69) is 17.1 Å². The predicted octanol–water partition coefficient (Wildman–Crippen LogP) is 3.90. The van der Waals surface area contributed by atoms with Crippen LogP contribution in [0.25, 0.3) is 0 Å². The Morgan fingerprint density at radius 2 is 1.87 bits per heavy atom. The third kappa shape index (κ3) is 6.45. The van der Waals surface area contributed by atoms with E-state index in [9.17, 15) is 4.79 Å². The van der Waals surface area contributed by atoms with Crippen molar-refractivity contribution in [3.63, 3.8) is 0 Å². The summed E-state index contributed by atoms with van der Waals surface area (Å²) < 4.78 is 11.8. The van der Waals surface area contributed by atoms with Gasteiger partial charge in [-0.3, -0.25) is 4.90 Å². The number of ether oxygens (including phenoxy) is 2. The Bertz CT molecular complexity index is 728. The van der Waals surface area contributed by atoms with E-state index in [1.807, 2.05) is 41.7 Å². The summed E-state index contributed by atoms with van der Waals surface area (Å²) in [7, 11) is 1.89. The van der Waals surface area contributed by atoms with Crippen LogP contribution in [0.5, 0.6) is 0 Å². The van der Waals surface area contributed by atoms with E-state index in [-0.39, 0.29) is 11.2 Å². The Labute approximate surface area is 186 Å². The van der Waals surface area contributed by atoms with Crippen molar-refractivity contribution in [2.45, 2.75) is 71.7 Å². The molecule has 0 saturated carbocycles. The van der Waals surface area contributed by atoms with E-state index in [1.54, 1.807) is 0 Å². The molecule has 3 N–H and O–H groups in total. The van der Waals surface area contributed by atoms with E-state index < -0.39 is 5.60 Å². The number of carbonyl (C=O) groups excluding carboxylic acids is 1. The Balaban J connectivity index is 2.23. The molecule has 30 heavy (non-hydrogen) atoms. The minimum atomic E-state index is -0.555. The number of allylic oxidation sites excluding steroid dienone is 3. The summed E-state index contributed by atoms with van der Waals surface area (Å²) in [5.41, 5.74) is 9.27. The number of hydrogen-bond acceptors (Lipinski definition) is 7. The number of rotatable bonds is 7. The molecule has 0 aromatic carbocycles. The Morgan fingerprint density at radius 3 is 2.43 bits per heavy atom. The third-order valence-electron chi connectivity index (χ3n) is 5.38. The number of nitrogens with one attached hydrogen (secondary N) is 1. The second kappa shape index (κ2) is 10.6. The van der Waals surface area contributed by atoms with Gasteiger partial charge in [0.25, 0.3) is 0 Å². The Hall–Kier alpha value is -1.60. The van der Waals surface area contributed by atoms with Gasteiger partial charge in [0.2, 0.25) is 0 Å². The summed E-state index contributed by atoms with van der Waals surface area (Å²) >= 11 is 1.46. The van der Waals surface area contributed by atoms with Gasteiger partial charge in [-0.25, -0.2) is 4.79 Å². The second-order valence-corrected chi connectivity index (χ2v) is 10.3. The van der Waals surface area contributed by atoms with Crippen LogP contribution < -0.4 is 11.1 Å². The second-order valence-electron chi connectivity index (χ2n) is 9.00.